The van der Waals surface area contributed by atoms with Gasteiger partial charge in [-0.2, -0.15) is 15.1 Å². The van der Waals surface area contributed by atoms with E-state index < -0.39 is 0 Å². The van der Waals surface area contributed by atoms with E-state index >= 15 is 0 Å². The van der Waals surface area contributed by atoms with Crippen LogP contribution in [0.5, 0.6) is 5.88 Å². The number of ether oxygens (including phenoxy) is 1. The zero-order valence-corrected chi connectivity index (χ0v) is 20.5. The first-order valence-corrected chi connectivity index (χ1v) is 12.2. The predicted molar refractivity (Wildman–Crippen MR) is 142 cm³/mol. The summed E-state index contributed by atoms with van der Waals surface area (Å²) in [7, 11) is 1.90. The fraction of sp³-hybridized carbons (Fsp3) is 0.269. The molecule has 1 fully saturated rings. The number of aromatic nitrogens is 7. The number of hydrogen-bond donors (Lipinski definition) is 2. The van der Waals surface area contributed by atoms with Gasteiger partial charge >= 0.3 is 0 Å². The highest BCUT2D eigenvalue weighted by atomic mass is 16.5. The van der Waals surface area contributed by atoms with Gasteiger partial charge in [-0.05, 0) is 43.7 Å². The molecule has 0 bridgehead atoms. The molecule has 1 saturated heterocycles. The lowest BCUT2D eigenvalue weighted by molar-refractivity contribution is 0.160. The minimum absolute atomic E-state index is 0.0588. The summed E-state index contributed by atoms with van der Waals surface area (Å²) in [5, 5.41) is 12.3. The number of hydrogen-bond acceptors (Lipinski definition) is 8. The molecule has 2 N–H and O–H groups in total. The number of anilines is 2. The molecule has 5 aromatic rings. The van der Waals surface area contributed by atoms with Gasteiger partial charge in [-0.15, -0.1) is 6.58 Å². The monoisotopic (exact) mass is 497 g/mol. The summed E-state index contributed by atoms with van der Waals surface area (Å²) in [5.74, 6) is 1.39. The number of benzene rings is 1. The van der Waals surface area contributed by atoms with Gasteiger partial charge in [-0.25, -0.2) is 14.3 Å². The maximum absolute atomic E-state index is 13.3. The van der Waals surface area contributed by atoms with Crippen molar-refractivity contribution in [2.75, 3.05) is 18.4 Å². The van der Waals surface area contributed by atoms with Crippen molar-refractivity contribution in [1.82, 2.24) is 39.4 Å². The lowest BCUT2D eigenvalue weighted by Gasteiger charge is -2.23. The summed E-state index contributed by atoms with van der Waals surface area (Å²) in [6.07, 6.45) is 7.11. The van der Waals surface area contributed by atoms with Crippen LogP contribution in [0.4, 0.5) is 11.6 Å². The number of aryl methyl sites for hydroxylation is 1. The maximum atomic E-state index is 13.3. The first-order valence-electron chi connectivity index (χ1n) is 12.2. The van der Waals surface area contributed by atoms with Crippen LogP contribution < -0.4 is 20.9 Å². The highest BCUT2D eigenvalue weighted by molar-refractivity contribution is 5.83. The number of piperidine rings is 1. The summed E-state index contributed by atoms with van der Waals surface area (Å²) in [4.78, 5) is 27.1. The van der Waals surface area contributed by atoms with Crippen LogP contribution >= 0.6 is 0 Å². The van der Waals surface area contributed by atoms with Crippen molar-refractivity contribution < 1.29 is 4.74 Å². The number of nitrogens with one attached hydrogen (secondary N) is 2. The van der Waals surface area contributed by atoms with Gasteiger partial charge in [-0.3, -0.25) is 9.48 Å². The number of pyridine rings is 1. The summed E-state index contributed by atoms with van der Waals surface area (Å²) in [6, 6.07) is 11.4. The van der Waals surface area contributed by atoms with E-state index in [2.05, 4.69) is 27.3 Å². The highest BCUT2D eigenvalue weighted by Crippen LogP contribution is 2.23. The van der Waals surface area contributed by atoms with Gasteiger partial charge in [0, 0.05) is 36.9 Å². The first-order chi connectivity index (χ1) is 18.1. The fourth-order valence-corrected chi connectivity index (χ4v) is 4.66. The standard InChI is InChI=1S/C26H27N9O2/c1-3-12-34-25(36)20-16-28-26(30-18-9-10-21-17(13-18)14-29-33(21)2)32-24(20)35(34)22-7-4-8-23(31-22)37-19-6-5-11-27-15-19/h3-4,7-10,13-14,16,19,27H,1,5-6,11-12,15H2,2H3,(H,28,30,32)/t19-/m0/s1. The molecule has 1 aromatic carbocycles. The minimum atomic E-state index is -0.220. The van der Waals surface area contributed by atoms with E-state index in [4.69, 9.17) is 14.7 Å². The Hall–Kier alpha value is -4.51. The van der Waals surface area contributed by atoms with Gasteiger partial charge in [0.25, 0.3) is 5.56 Å². The summed E-state index contributed by atoms with van der Waals surface area (Å²) in [6.45, 7) is 5.89. The van der Waals surface area contributed by atoms with Crippen molar-refractivity contribution in [3.8, 4) is 11.7 Å². The SMILES string of the molecule is C=CCn1c(=O)c2cnc(Nc3ccc4c(cnn4C)c3)nc2n1-c1cccc(O[C@H]2CCCNC2)n1. The zero-order chi connectivity index (χ0) is 25.4. The third-order valence-corrected chi connectivity index (χ3v) is 6.44. The molecule has 0 unspecified atom stereocenters. The molecule has 11 nitrogen and oxygen atoms in total. The lowest BCUT2D eigenvalue weighted by Crippen LogP contribution is -2.37. The van der Waals surface area contributed by atoms with E-state index in [1.165, 1.54) is 0 Å². The van der Waals surface area contributed by atoms with Crippen molar-refractivity contribution in [1.29, 1.82) is 0 Å². The number of nitrogens with zero attached hydrogens (tertiary/aromatic N) is 7. The Morgan fingerprint density at radius 2 is 2.16 bits per heavy atom. The fourth-order valence-electron chi connectivity index (χ4n) is 4.66. The molecular weight excluding hydrogens is 470 g/mol. The molecule has 11 heteroatoms. The molecule has 188 valence electrons. The van der Waals surface area contributed by atoms with Crippen LogP contribution in [0.2, 0.25) is 0 Å². The molecule has 0 radical (unpaired) electrons. The van der Waals surface area contributed by atoms with Crippen LogP contribution in [0, 0.1) is 0 Å². The number of fused-ring (bicyclic) bond motifs is 2. The smallest absolute Gasteiger partial charge is 0.278 e. The van der Waals surface area contributed by atoms with E-state index in [1.54, 1.807) is 21.6 Å². The van der Waals surface area contributed by atoms with Crippen molar-refractivity contribution in [2.45, 2.75) is 25.5 Å². The van der Waals surface area contributed by atoms with Crippen molar-refractivity contribution >= 4 is 33.6 Å². The molecule has 4 aromatic heterocycles. The van der Waals surface area contributed by atoms with E-state index in [0.29, 0.717) is 28.7 Å². The largest absolute Gasteiger partial charge is 0.473 e. The van der Waals surface area contributed by atoms with Gasteiger partial charge in [0.1, 0.15) is 11.5 Å². The molecule has 0 spiro atoms. The topological polar surface area (TPSA) is 117 Å². The van der Waals surface area contributed by atoms with Crippen LogP contribution in [0.1, 0.15) is 12.8 Å². The summed E-state index contributed by atoms with van der Waals surface area (Å²) < 4.78 is 11.2. The minimum Gasteiger partial charge on any atom is -0.473 e. The van der Waals surface area contributed by atoms with Crippen LogP contribution in [0.3, 0.4) is 0 Å². The van der Waals surface area contributed by atoms with E-state index in [-0.39, 0.29) is 18.2 Å². The zero-order valence-electron chi connectivity index (χ0n) is 20.5. The van der Waals surface area contributed by atoms with Crippen LogP contribution in [-0.2, 0) is 13.6 Å². The second kappa shape index (κ2) is 9.51. The van der Waals surface area contributed by atoms with Gasteiger partial charge in [0.15, 0.2) is 11.5 Å². The Morgan fingerprint density at radius 3 is 3.00 bits per heavy atom. The molecule has 1 aliphatic rings. The molecular formula is C26H27N9O2. The predicted octanol–water partition coefficient (Wildman–Crippen LogP) is 2.92. The van der Waals surface area contributed by atoms with E-state index in [9.17, 15) is 4.79 Å². The molecule has 5 heterocycles. The third kappa shape index (κ3) is 4.33. The first kappa shape index (κ1) is 22.9. The van der Waals surface area contributed by atoms with Gasteiger partial charge < -0.3 is 15.4 Å². The Labute approximate surface area is 212 Å². The van der Waals surface area contributed by atoms with Crippen LogP contribution in [0.15, 0.2) is 66.2 Å². The van der Waals surface area contributed by atoms with Crippen LogP contribution in [-0.4, -0.2) is 53.3 Å². The molecule has 6 rings (SSSR count). The molecule has 0 aliphatic carbocycles. The Kier molecular flexibility index (Phi) is 5.89. The second-order valence-corrected chi connectivity index (χ2v) is 9.01. The molecule has 0 saturated carbocycles. The highest BCUT2D eigenvalue weighted by Gasteiger charge is 2.20. The molecule has 1 aliphatic heterocycles. The molecule has 0 amide bonds. The summed E-state index contributed by atoms with van der Waals surface area (Å²) >= 11 is 0. The lowest BCUT2D eigenvalue weighted by atomic mass is 10.1. The van der Waals surface area contributed by atoms with E-state index in [0.717, 1.165) is 42.5 Å². The van der Waals surface area contributed by atoms with Crippen molar-refractivity contribution in [3.63, 3.8) is 0 Å². The van der Waals surface area contributed by atoms with E-state index in [1.807, 2.05) is 54.3 Å². The molecule has 1 atom stereocenters. The quantitative estimate of drug-likeness (QED) is 0.330. The normalized spacial score (nSPS) is 15.8. The average Bonchev–Trinajstić information content (AvgIpc) is 3.41. The number of rotatable bonds is 7. The van der Waals surface area contributed by atoms with Crippen LogP contribution in [0.25, 0.3) is 27.8 Å². The van der Waals surface area contributed by atoms with Gasteiger partial charge in [-0.1, -0.05) is 12.1 Å². The average molecular weight is 498 g/mol. The van der Waals surface area contributed by atoms with Gasteiger partial charge in [0.2, 0.25) is 11.8 Å². The maximum Gasteiger partial charge on any atom is 0.278 e. The number of allylic oxidation sites excluding steroid dienone is 1. The second-order valence-electron chi connectivity index (χ2n) is 9.01. The van der Waals surface area contributed by atoms with Crippen molar-refractivity contribution in [3.05, 3.63) is 71.8 Å². The third-order valence-electron chi connectivity index (χ3n) is 6.44. The van der Waals surface area contributed by atoms with Crippen molar-refractivity contribution in [2.24, 2.45) is 7.05 Å². The van der Waals surface area contributed by atoms with Gasteiger partial charge in [0.05, 0.1) is 18.3 Å². The Bertz CT molecular complexity index is 1660. The Morgan fingerprint density at radius 1 is 1.24 bits per heavy atom. The Balaban J connectivity index is 1.40. The summed E-state index contributed by atoms with van der Waals surface area (Å²) in [5.41, 5.74) is 2.06. The molecule has 37 heavy (non-hydrogen) atoms.